The van der Waals surface area contributed by atoms with Crippen LogP contribution >= 0.6 is 0 Å². The predicted molar refractivity (Wildman–Crippen MR) is 97.9 cm³/mol. The van der Waals surface area contributed by atoms with Crippen LogP contribution in [-0.4, -0.2) is 37.1 Å². The molecule has 0 spiro atoms. The van der Waals surface area contributed by atoms with Crippen LogP contribution in [0.4, 0.5) is 0 Å². The van der Waals surface area contributed by atoms with Crippen molar-refractivity contribution in [3.63, 3.8) is 0 Å². The van der Waals surface area contributed by atoms with E-state index in [1.54, 1.807) is 18.7 Å². The zero-order chi connectivity index (χ0) is 18.4. The number of carbonyl (C=O) groups is 1. The standard InChI is InChI=1S/C20H21N5O2/c1-13-4-6-21-8-15(13)20(26)24-7-5-18-16(10-24)19(17-11-27-12-22-17)23-25(18)9-14-2-3-14/h4,6,8,11-12,14H,2-3,5,7,9-10H2,1H3. The maximum absolute atomic E-state index is 13.0. The van der Waals surface area contributed by atoms with Crippen LogP contribution in [0.15, 0.2) is 35.5 Å². The summed E-state index contributed by atoms with van der Waals surface area (Å²) in [5.41, 5.74) is 5.49. The van der Waals surface area contributed by atoms with Gasteiger partial charge < -0.3 is 9.32 Å². The molecule has 1 aliphatic heterocycles. The topological polar surface area (TPSA) is 77.1 Å². The summed E-state index contributed by atoms with van der Waals surface area (Å²) in [6.45, 7) is 4.12. The Balaban J connectivity index is 1.50. The van der Waals surface area contributed by atoms with Crippen LogP contribution in [-0.2, 0) is 19.5 Å². The normalized spacial score (nSPS) is 16.4. The van der Waals surface area contributed by atoms with Crippen molar-refractivity contribution in [3.8, 4) is 11.4 Å². The Labute approximate surface area is 157 Å². The van der Waals surface area contributed by atoms with Crippen LogP contribution in [0, 0.1) is 12.8 Å². The zero-order valence-electron chi connectivity index (χ0n) is 15.3. The summed E-state index contributed by atoms with van der Waals surface area (Å²) in [5.74, 6) is 0.754. The van der Waals surface area contributed by atoms with Gasteiger partial charge >= 0.3 is 0 Å². The first-order chi connectivity index (χ1) is 13.2. The molecule has 0 N–H and O–H groups in total. The van der Waals surface area contributed by atoms with Crippen LogP contribution in [0.3, 0.4) is 0 Å². The number of hydrogen-bond acceptors (Lipinski definition) is 5. The van der Waals surface area contributed by atoms with E-state index in [0.717, 1.165) is 41.4 Å². The van der Waals surface area contributed by atoms with Gasteiger partial charge in [-0.1, -0.05) is 0 Å². The Morgan fingerprint density at radius 3 is 3.00 bits per heavy atom. The highest BCUT2D eigenvalue weighted by Gasteiger charge is 2.31. The lowest BCUT2D eigenvalue weighted by atomic mass is 10.0. The first-order valence-electron chi connectivity index (χ1n) is 9.37. The average molecular weight is 363 g/mol. The number of pyridine rings is 1. The third kappa shape index (κ3) is 2.93. The molecule has 0 bridgehead atoms. The molecule has 1 amide bonds. The lowest BCUT2D eigenvalue weighted by Gasteiger charge is -2.28. The van der Waals surface area contributed by atoms with Gasteiger partial charge in [0.1, 0.15) is 17.7 Å². The molecular formula is C20H21N5O2. The number of carbonyl (C=O) groups excluding carboxylic acids is 1. The molecule has 0 saturated heterocycles. The van der Waals surface area contributed by atoms with Crippen molar-refractivity contribution >= 4 is 5.91 Å². The van der Waals surface area contributed by atoms with Gasteiger partial charge in [0.15, 0.2) is 6.39 Å². The molecule has 7 nitrogen and oxygen atoms in total. The van der Waals surface area contributed by atoms with Crippen molar-refractivity contribution < 1.29 is 9.21 Å². The lowest BCUT2D eigenvalue weighted by molar-refractivity contribution is 0.0732. The number of amides is 1. The molecular weight excluding hydrogens is 342 g/mol. The summed E-state index contributed by atoms with van der Waals surface area (Å²) in [7, 11) is 0. The first-order valence-corrected chi connectivity index (χ1v) is 9.37. The molecule has 0 radical (unpaired) electrons. The van der Waals surface area contributed by atoms with E-state index in [-0.39, 0.29) is 5.91 Å². The van der Waals surface area contributed by atoms with Gasteiger partial charge in [-0.25, -0.2) is 4.98 Å². The second-order valence-electron chi connectivity index (χ2n) is 7.44. The molecule has 4 heterocycles. The average Bonchev–Trinajstić information content (AvgIpc) is 3.20. The van der Waals surface area contributed by atoms with E-state index in [1.165, 1.54) is 24.9 Å². The van der Waals surface area contributed by atoms with E-state index >= 15 is 0 Å². The van der Waals surface area contributed by atoms with Crippen molar-refractivity contribution in [1.29, 1.82) is 0 Å². The number of rotatable bonds is 4. The molecule has 0 atom stereocenters. The smallest absolute Gasteiger partial charge is 0.256 e. The van der Waals surface area contributed by atoms with E-state index in [2.05, 4.69) is 14.6 Å². The molecule has 5 rings (SSSR count). The second-order valence-corrected chi connectivity index (χ2v) is 7.44. The van der Waals surface area contributed by atoms with Gasteiger partial charge in [-0.15, -0.1) is 0 Å². The highest BCUT2D eigenvalue weighted by molar-refractivity contribution is 5.95. The number of nitrogens with zero attached hydrogens (tertiary/aromatic N) is 5. The van der Waals surface area contributed by atoms with Crippen LogP contribution in [0.5, 0.6) is 0 Å². The molecule has 1 saturated carbocycles. The van der Waals surface area contributed by atoms with Gasteiger partial charge in [-0.3, -0.25) is 14.5 Å². The second kappa shape index (κ2) is 6.33. The minimum absolute atomic E-state index is 0.0206. The third-order valence-corrected chi connectivity index (χ3v) is 5.49. The SMILES string of the molecule is Cc1ccncc1C(=O)N1CCc2c(c(-c3cocn3)nn2CC2CC2)C1. The van der Waals surface area contributed by atoms with Gasteiger partial charge in [-0.05, 0) is 37.3 Å². The quantitative estimate of drug-likeness (QED) is 0.712. The Bertz CT molecular complexity index is 988. The summed E-state index contributed by atoms with van der Waals surface area (Å²) < 4.78 is 7.31. The van der Waals surface area contributed by atoms with Crippen LogP contribution in [0.2, 0.25) is 0 Å². The van der Waals surface area contributed by atoms with Gasteiger partial charge in [0.05, 0.1) is 12.1 Å². The van der Waals surface area contributed by atoms with Crippen LogP contribution < -0.4 is 0 Å². The lowest BCUT2D eigenvalue weighted by Crippen LogP contribution is -2.37. The number of fused-ring (bicyclic) bond motifs is 1. The van der Waals surface area contributed by atoms with E-state index in [0.29, 0.717) is 18.7 Å². The van der Waals surface area contributed by atoms with Crippen molar-refractivity contribution in [2.24, 2.45) is 5.92 Å². The largest absolute Gasteiger partial charge is 0.451 e. The van der Waals surface area contributed by atoms with Crippen LogP contribution in [0.25, 0.3) is 11.4 Å². The Hall–Kier alpha value is -2.96. The van der Waals surface area contributed by atoms with Crippen molar-refractivity contribution in [3.05, 3.63) is 53.5 Å². The summed E-state index contributed by atoms with van der Waals surface area (Å²) >= 11 is 0. The zero-order valence-corrected chi connectivity index (χ0v) is 15.3. The summed E-state index contributed by atoms with van der Waals surface area (Å²) in [6, 6.07) is 1.87. The maximum atomic E-state index is 13.0. The fourth-order valence-corrected chi connectivity index (χ4v) is 3.75. The Kier molecular flexibility index (Phi) is 3.81. The molecule has 3 aromatic heterocycles. The first kappa shape index (κ1) is 16.2. The highest BCUT2D eigenvalue weighted by atomic mass is 16.3. The maximum Gasteiger partial charge on any atom is 0.256 e. The summed E-state index contributed by atoms with van der Waals surface area (Å²) in [4.78, 5) is 23.3. The third-order valence-electron chi connectivity index (χ3n) is 5.49. The van der Waals surface area contributed by atoms with Crippen molar-refractivity contribution in [2.45, 2.75) is 39.3 Å². The van der Waals surface area contributed by atoms with E-state index < -0.39 is 0 Å². The predicted octanol–water partition coefficient (Wildman–Crippen LogP) is 2.85. The summed E-state index contributed by atoms with van der Waals surface area (Å²) in [5, 5.41) is 4.84. The van der Waals surface area contributed by atoms with Gasteiger partial charge in [0, 0.05) is 43.2 Å². The molecule has 3 aromatic rings. The summed E-state index contributed by atoms with van der Waals surface area (Å²) in [6.07, 6.45) is 9.77. The van der Waals surface area contributed by atoms with Crippen LogP contribution in [0.1, 0.15) is 40.0 Å². The molecule has 1 fully saturated rings. The van der Waals surface area contributed by atoms with Crippen molar-refractivity contribution in [2.75, 3.05) is 6.54 Å². The minimum atomic E-state index is 0.0206. The molecule has 1 aliphatic carbocycles. The molecule has 138 valence electrons. The Morgan fingerprint density at radius 1 is 1.37 bits per heavy atom. The van der Waals surface area contributed by atoms with Gasteiger partial charge in [0.2, 0.25) is 0 Å². The molecule has 0 aromatic carbocycles. The van der Waals surface area contributed by atoms with E-state index in [9.17, 15) is 4.79 Å². The highest BCUT2D eigenvalue weighted by Crippen LogP contribution is 2.35. The fraction of sp³-hybridized carbons (Fsp3) is 0.400. The molecule has 7 heteroatoms. The van der Waals surface area contributed by atoms with E-state index in [4.69, 9.17) is 9.52 Å². The van der Waals surface area contributed by atoms with Gasteiger partial charge in [-0.2, -0.15) is 5.10 Å². The molecule has 2 aliphatic rings. The number of oxazole rings is 1. The Morgan fingerprint density at radius 2 is 2.26 bits per heavy atom. The number of aromatic nitrogens is 4. The molecule has 0 unspecified atom stereocenters. The minimum Gasteiger partial charge on any atom is -0.451 e. The van der Waals surface area contributed by atoms with E-state index in [1.807, 2.05) is 17.9 Å². The van der Waals surface area contributed by atoms with Crippen molar-refractivity contribution in [1.82, 2.24) is 24.6 Å². The number of hydrogen-bond donors (Lipinski definition) is 0. The fourth-order valence-electron chi connectivity index (χ4n) is 3.75. The van der Waals surface area contributed by atoms with Gasteiger partial charge in [0.25, 0.3) is 5.91 Å². The number of aryl methyl sites for hydroxylation is 1. The monoisotopic (exact) mass is 363 g/mol. The molecule has 27 heavy (non-hydrogen) atoms.